The smallest absolute Gasteiger partial charge is 0.246 e. The Morgan fingerprint density at radius 3 is 2.45 bits per heavy atom. The predicted molar refractivity (Wildman–Crippen MR) is 72.9 cm³/mol. The average Bonchev–Trinajstić information content (AvgIpc) is 2.69. The maximum Gasteiger partial charge on any atom is 0.246 e. The number of sulfonamides is 1. The molecule has 20 heavy (non-hydrogen) atoms. The molecule has 0 unspecified atom stereocenters. The zero-order valence-corrected chi connectivity index (χ0v) is 12.1. The van der Waals surface area contributed by atoms with Gasteiger partial charge in [0, 0.05) is 25.2 Å². The number of hydrogen-bond donors (Lipinski definition) is 3. The first-order chi connectivity index (χ1) is 9.29. The monoisotopic (exact) mass is 301 g/mol. The molecule has 1 aromatic rings. The van der Waals surface area contributed by atoms with Crippen molar-refractivity contribution < 1.29 is 13.2 Å². The molecule has 0 atom stereocenters. The van der Waals surface area contributed by atoms with E-state index in [0.717, 1.165) is 0 Å². The second-order valence-corrected chi connectivity index (χ2v) is 6.81. The van der Waals surface area contributed by atoms with Gasteiger partial charge in [0.1, 0.15) is 4.90 Å². The fourth-order valence-corrected chi connectivity index (χ4v) is 3.88. The van der Waals surface area contributed by atoms with Crippen LogP contribution in [0.25, 0.3) is 0 Å². The number of nitrogen functional groups attached to an aromatic ring is 1. The van der Waals surface area contributed by atoms with E-state index in [1.165, 1.54) is 10.9 Å². The first-order valence-corrected chi connectivity index (χ1v) is 7.88. The number of nitrogens with two attached hydrogens (primary N) is 2. The molecule has 1 amide bonds. The van der Waals surface area contributed by atoms with Crippen LogP contribution in [0.5, 0.6) is 0 Å². The number of aromatic nitrogens is 2. The summed E-state index contributed by atoms with van der Waals surface area (Å²) in [6.07, 6.45) is 3.75. The Balaban J connectivity index is 2.03. The molecule has 1 aliphatic carbocycles. The zero-order chi connectivity index (χ0) is 14.9. The van der Waals surface area contributed by atoms with Gasteiger partial charge in [-0.15, -0.1) is 0 Å². The lowest BCUT2D eigenvalue weighted by molar-refractivity contribution is -0.122. The lowest BCUT2D eigenvalue weighted by Crippen LogP contribution is -2.39. The third kappa shape index (κ3) is 3.10. The summed E-state index contributed by atoms with van der Waals surface area (Å²) in [4.78, 5) is 11.1. The zero-order valence-electron chi connectivity index (χ0n) is 11.2. The van der Waals surface area contributed by atoms with E-state index in [2.05, 4.69) is 9.82 Å². The second-order valence-electron chi connectivity index (χ2n) is 5.12. The van der Waals surface area contributed by atoms with Crippen molar-refractivity contribution in [2.75, 3.05) is 5.73 Å². The van der Waals surface area contributed by atoms with E-state index in [0.29, 0.717) is 25.7 Å². The van der Waals surface area contributed by atoms with E-state index >= 15 is 0 Å². The van der Waals surface area contributed by atoms with Gasteiger partial charge < -0.3 is 11.5 Å². The van der Waals surface area contributed by atoms with E-state index in [-0.39, 0.29) is 28.6 Å². The SMILES string of the molecule is Cn1cc(S(=O)(=O)NC2CCC(C(N)=O)CC2)c(N)n1. The Morgan fingerprint density at radius 1 is 1.40 bits per heavy atom. The van der Waals surface area contributed by atoms with Crippen molar-refractivity contribution in [2.45, 2.75) is 36.6 Å². The molecule has 1 saturated carbocycles. The van der Waals surface area contributed by atoms with Crippen LogP contribution >= 0.6 is 0 Å². The number of primary amides is 1. The van der Waals surface area contributed by atoms with Crippen molar-refractivity contribution >= 4 is 21.7 Å². The molecule has 0 aromatic carbocycles. The topological polar surface area (TPSA) is 133 Å². The quantitative estimate of drug-likeness (QED) is 0.678. The Morgan fingerprint density at radius 2 is 2.00 bits per heavy atom. The van der Waals surface area contributed by atoms with Crippen molar-refractivity contribution in [1.82, 2.24) is 14.5 Å². The molecule has 9 heteroatoms. The summed E-state index contributed by atoms with van der Waals surface area (Å²) >= 11 is 0. The van der Waals surface area contributed by atoms with Gasteiger partial charge in [-0.3, -0.25) is 9.48 Å². The molecule has 1 heterocycles. The maximum atomic E-state index is 12.2. The molecule has 0 saturated heterocycles. The van der Waals surface area contributed by atoms with Crippen molar-refractivity contribution in [3.63, 3.8) is 0 Å². The molecular formula is C11H19N5O3S. The predicted octanol–water partition coefficient (Wildman–Crippen LogP) is -0.675. The van der Waals surface area contributed by atoms with Crippen LogP contribution in [-0.4, -0.2) is 30.1 Å². The van der Waals surface area contributed by atoms with Gasteiger partial charge in [-0.25, -0.2) is 13.1 Å². The number of rotatable bonds is 4. The molecule has 0 spiro atoms. The highest BCUT2D eigenvalue weighted by Gasteiger charge is 2.29. The van der Waals surface area contributed by atoms with Crippen LogP contribution in [0.1, 0.15) is 25.7 Å². The molecule has 8 nitrogen and oxygen atoms in total. The fourth-order valence-electron chi connectivity index (χ4n) is 2.47. The van der Waals surface area contributed by atoms with E-state index in [1.807, 2.05) is 0 Å². The minimum Gasteiger partial charge on any atom is -0.381 e. The summed E-state index contributed by atoms with van der Waals surface area (Å²) < 4.78 is 28.4. The Hall–Kier alpha value is -1.61. The van der Waals surface area contributed by atoms with Gasteiger partial charge in [0.25, 0.3) is 0 Å². The van der Waals surface area contributed by atoms with E-state index < -0.39 is 10.0 Å². The summed E-state index contributed by atoms with van der Waals surface area (Å²) in [6.45, 7) is 0. The maximum absolute atomic E-state index is 12.2. The number of nitrogens with zero attached hydrogens (tertiary/aromatic N) is 2. The lowest BCUT2D eigenvalue weighted by Gasteiger charge is -2.26. The van der Waals surface area contributed by atoms with Crippen LogP contribution in [0.15, 0.2) is 11.1 Å². The summed E-state index contributed by atoms with van der Waals surface area (Å²) in [5, 5.41) is 3.82. The highest BCUT2D eigenvalue weighted by Crippen LogP contribution is 2.25. The molecule has 5 N–H and O–H groups in total. The normalized spacial score (nSPS) is 23.6. The minimum absolute atomic E-state index is 0.0166. The number of nitrogens with one attached hydrogen (secondary N) is 1. The van der Waals surface area contributed by atoms with Crippen LogP contribution in [0, 0.1) is 5.92 Å². The highest BCUT2D eigenvalue weighted by atomic mass is 32.2. The molecule has 0 radical (unpaired) electrons. The number of aryl methyl sites for hydroxylation is 1. The number of hydrogen-bond acceptors (Lipinski definition) is 5. The highest BCUT2D eigenvalue weighted by molar-refractivity contribution is 7.89. The summed E-state index contributed by atoms with van der Waals surface area (Å²) in [5.41, 5.74) is 10.8. The number of carbonyl (C=O) groups excluding carboxylic acids is 1. The number of carbonyl (C=O) groups is 1. The van der Waals surface area contributed by atoms with Crippen molar-refractivity contribution in [1.29, 1.82) is 0 Å². The van der Waals surface area contributed by atoms with Crippen molar-refractivity contribution in [3.05, 3.63) is 6.20 Å². The van der Waals surface area contributed by atoms with Gasteiger partial charge in [0.15, 0.2) is 5.82 Å². The van der Waals surface area contributed by atoms with E-state index in [1.54, 1.807) is 7.05 Å². The van der Waals surface area contributed by atoms with Gasteiger partial charge >= 0.3 is 0 Å². The minimum atomic E-state index is -3.68. The molecule has 0 aliphatic heterocycles. The molecular weight excluding hydrogens is 282 g/mol. The van der Waals surface area contributed by atoms with Crippen LogP contribution in [0.4, 0.5) is 5.82 Å². The molecule has 112 valence electrons. The number of anilines is 1. The summed E-state index contributed by atoms with van der Waals surface area (Å²) in [6, 6.07) is -0.199. The van der Waals surface area contributed by atoms with E-state index in [4.69, 9.17) is 11.5 Å². The third-order valence-electron chi connectivity index (χ3n) is 3.56. The van der Waals surface area contributed by atoms with E-state index in [9.17, 15) is 13.2 Å². The van der Waals surface area contributed by atoms with Crippen molar-refractivity contribution in [3.8, 4) is 0 Å². The van der Waals surface area contributed by atoms with Gasteiger partial charge in [-0.1, -0.05) is 0 Å². The van der Waals surface area contributed by atoms with Crippen LogP contribution in [0.2, 0.25) is 0 Å². The Labute approximate surface area is 117 Å². The summed E-state index contributed by atoms with van der Waals surface area (Å²) in [5.74, 6) is -0.493. The molecule has 1 fully saturated rings. The Kier molecular flexibility index (Phi) is 4.00. The average molecular weight is 301 g/mol. The van der Waals surface area contributed by atoms with Gasteiger partial charge in [-0.05, 0) is 25.7 Å². The Bertz CT molecular complexity index is 602. The first-order valence-electron chi connectivity index (χ1n) is 6.40. The molecule has 0 bridgehead atoms. The molecule has 1 aromatic heterocycles. The lowest BCUT2D eigenvalue weighted by atomic mass is 9.86. The largest absolute Gasteiger partial charge is 0.381 e. The van der Waals surface area contributed by atoms with Crippen LogP contribution in [0.3, 0.4) is 0 Å². The van der Waals surface area contributed by atoms with Crippen LogP contribution < -0.4 is 16.2 Å². The number of amides is 1. The standard InChI is InChI=1S/C11H19N5O3S/c1-16-6-9(10(12)14-16)20(18,19)15-8-4-2-7(3-5-8)11(13)17/h6-8,15H,2-5H2,1H3,(H2,12,14)(H2,13,17). The van der Waals surface area contributed by atoms with Gasteiger partial charge in [-0.2, -0.15) is 5.10 Å². The second kappa shape index (κ2) is 5.41. The van der Waals surface area contributed by atoms with Crippen LogP contribution in [-0.2, 0) is 21.9 Å². The molecule has 2 rings (SSSR count). The summed E-state index contributed by atoms with van der Waals surface area (Å²) in [7, 11) is -2.08. The van der Waals surface area contributed by atoms with Gasteiger partial charge in [0.05, 0.1) is 0 Å². The van der Waals surface area contributed by atoms with Crippen molar-refractivity contribution in [2.24, 2.45) is 18.7 Å². The third-order valence-corrected chi connectivity index (χ3v) is 5.10. The first kappa shape index (κ1) is 14.8. The fraction of sp³-hybridized carbons (Fsp3) is 0.636. The van der Waals surface area contributed by atoms with Gasteiger partial charge in [0.2, 0.25) is 15.9 Å². The molecule has 1 aliphatic rings.